The fraction of sp³-hybridized carbons (Fsp3) is 0.500. The first kappa shape index (κ1) is 18.8. The minimum atomic E-state index is -0.573. The Labute approximate surface area is 155 Å². The van der Waals surface area contributed by atoms with E-state index in [2.05, 4.69) is 9.97 Å². The number of nitrogens with zero attached hydrogens (tertiary/aromatic N) is 4. The number of nitrogens with one attached hydrogen (secondary N) is 1. The number of likely N-dealkylation sites (N-methyl/N-ethyl adjacent to an activating group) is 2. The molecule has 2 heterocycles. The molecule has 1 aliphatic rings. The molecular formula is C18H23N5O4. The maximum atomic E-state index is 12.7. The van der Waals surface area contributed by atoms with Crippen LogP contribution in [0.25, 0.3) is 11.0 Å². The zero-order chi connectivity index (χ0) is 19.7. The number of aromatic nitrogens is 3. The van der Waals surface area contributed by atoms with Gasteiger partial charge in [0.25, 0.3) is 11.5 Å². The first-order valence-corrected chi connectivity index (χ1v) is 9.05. The van der Waals surface area contributed by atoms with E-state index < -0.39 is 17.2 Å². The van der Waals surface area contributed by atoms with Crippen LogP contribution in [0.1, 0.15) is 43.1 Å². The van der Waals surface area contributed by atoms with Crippen molar-refractivity contribution in [3.63, 3.8) is 0 Å². The number of aromatic amines is 1. The molecule has 9 nitrogen and oxygen atoms in total. The van der Waals surface area contributed by atoms with Crippen LogP contribution < -0.4 is 11.2 Å². The Morgan fingerprint density at radius 1 is 1.26 bits per heavy atom. The number of carbonyl (C=O) groups excluding carboxylic acids is 2. The molecule has 2 aromatic heterocycles. The Balaban J connectivity index is 1.91. The smallest absolute Gasteiger partial charge is 0.330 e. The fourth-order valence-corrected chi connectivity index (χ4v) is 3.10. The van der Waals surface area contributed by atoms with Gasteiger partial charge < -0.3 is 9.80 Å². The van der Waals surface area contributed by atoms with Crippen LogP contribution in [-0.2, 0) is 4.79 Å². The first-order valence-electron chi connectivity index (χ1n) is 9.05. The molecule has 1 aliphatic carbocycles. The summed E-state index contributed by atoms with van der Waals surface area (Å²) in [6.45, 7) is 4.84. The molecule has 0 aromatic carbocycles. The highest BCUT2D eigenvalue weighted by molar-refractivity contribution is 5.98. The monoisotopic (exact) mass is 373 g/mol. The largest absolute Gasteiger partial charge is 0.342 e. The van der Waals surface area contributed by atoms with Crippen LogP contribution in [0.3, 0.4) is 0 Å². The van der Waals surface area contributed by atoms with Gasteiger partial charge in [-0.15, -0.1) is 0 Å². The van der Waals surface area contributed by atoms with Crippen molar-refractivity contribution in [2.24, 2.45) is 0 Å². The van der Waals surface area contributed by atoms with Gasteiger partial charge in [-0.05, 0) is 32.8 Å². The highest BCUT2D eigenvalue weighted by Gasteiger charge is 2.28. The van der Waals surface area contributed by atoms with Crippen molar-refractivity contribution >= 4 is 22.8 Å². The van der Waals surface area contributed by atoms with Crippen LogP contribution in [0.4, 0.5) is 0 Å². The van der Waals surface area contributed by atoms with E-state index in [0.717, 1.165) is 12.8 Å². The molecule has 144 valence electrons. The van der Waals surface area contributed by atoms with Crippen molar-refractivity contribution < 1.29 is 9.59 Å². The van der Waals surface area contributed by atoms with E-state index in [9.17, 15) is 19.2 Å². The molecule has 0 bridgehead atoms. The molecule has 27 heavy (non-hydrogen) atoms. The summed E-state index contributed by atoms with van der Waals surface area (Å²) in [5.74, 6) is -0.557. The third-order valence-electron chi connectivity index (χ3n) is 4.77. The first-order chi connectivity index (χ1) is 12.9. The van der Waals surface area contributed by atoms with Crippen molar-refractivity contribution in [3.05, 3.63) is 38.7 Å². The van der Waals surface area contributed by atoms with Gasteiger partial charge in [-0.3, -0.25) is 23.9 Å². The van der Waals surface area contributed by atoms with E-state index >= 15 is 0 Å². The number of hydrogen-bond donors (Lipinski definition) is 1. The average molecular weight is 373 g/mol. The molecule has 1 N–H and O–H groups in total. The maximum Gasteiger partial charge on any atom is 0.330 e. The van der Waals surface area contributed by atoms with Crippen molar-refractivity contribution in [1.82, 2.24) is 24.3 Å². The molecule has 0 atom stereocenters. The molecule has 1 fully saturated rings. The number of pyridine rings is 1. The standard InChI is InChI=1S/C18H23N5O4/c1-4-22(5-2)14(24)10-21(3)17(26)11-8-13-15(19-9-11)23(12-6-7-12)18(27)20-16(13)25/h8-9,12H,4-7,10H2,1-3H3,(H,20,25,27). The van der Waals surface area contributed by atoms with E-state index in [1.807, 2.05) is 13.8 Å². The number of amides is 2. The van der Waals surface area contributed by atoms with E-state index in [1.54, 1.807) is 4.90 Å². The molecule has 3 rings (SSSR count). The summed E-state index contributed by atoms with van der Waals surface area (Å²) >= 11 is 0. The van der Waals surface area contributed by atoms with Gasteiger partial charge in [0, 0.05) is 32.4 Å². The number of H-pyrrole nitrogens is 1. The van der Waals surface area contributed by atoms with Crippen LogP contribution in [-0.4, -0.2) is 62.8 Å². The predicted molar refractivity (Wildman–Crippen MR) is 99.8 cm³/mol. The summed E-state index contributed by atoms with van der Waals surface area (Å²) in [6.07, 6.45) is 3.07. The van der Waals surface area contributed by atoms with Gasteiger partial charge >= 0.3 is 5.69 Å². The van der Waals surface area contributed by atoms with Gasteiger partial charge in [0.05, 0.1) is 17.5 Å². The summed E-state index contributed by atoms with van der Waals surface area (Å²) in [5.41, 5.74) is -0.576. The Bertz CT molecular complexity index is 1000. The molecule has 9 heteroatoms. The van der Waals surface area contributed by atoms with Gasteiger partial charge in [0.15, 0.2) is 0 Å². The molecular weight excluding hydrogens is 350 g/mol. The van der Waals surface area contributed by atoms with E-state index in [4.69, 9.17) is 0 Å². The highest BCUT2D eigenvalue weighted by Crippen LogP contribution is 2.34. The predicted octanol–water partition coefficient (Wildman–Crippen LogP) is 0.360. The lowest BCUT2D eigenvalue weighted by Gasteiger charge is -2.23. The number of rotatable bonds is 6. The lowest BCUT2D eigenvalue weighted by Crippen LogP contribution is -2.41. The fourth-order valence-electron chi connectivity index (χ4n) is 3.10. The van der Waals surface area contributed by atoms with Crippen molar-refractivity contribution in [1.29, 1.82) is 0 Å². The van der Waals surface area contributed by atoms with Crippen molar-refractivity contribution in [2.75, 3.05) is 26.7 Å². The molecule has 0 saturated heterocycles. The maximum absolute atomic E-state index is 12.7. The van der Waals surface area contributed by atoms with Gasteiger partial charge in [-0.2, -0.15) is 0 Å². The number of fused-ring (bicyclic) bond motifs is 1. The lowest BCUT2D eigenvalue weighted by molar-refractivity contribution is -0.131. The van der Waals surface area contributed by atoms with Crippen molar-refractivity contribution in [3.8, 4) is 0 Å². The summed E-state index contributed by atoms with van der Waals surface area (Å²) < 4.78 is 1.47. The molecule has 0 radical (unpaired) electrons. The Morgan fingerprint density at radius 2 is 1.93 bits per heavy atom. The lowest BCUT2D eigenvalue weighted by atomic mass is 10.2. The Hall–Kier alpha value is -2.97. The van der Waals surface area contributed by atoms with Gasteiger partial charge in [0.1, 0.15) is 5.65 Å². The number of carbonyl (C=O) groups is 2. The summed E-state index contributed by atoms with van der Waals surface area (Å²) in [6, 6.07) is 1.47. The second-order valence-electron chi connectivity index (χ2n) is 6.68. The van der Waals surface area contributed by atoms with E-state index in [-0.39, 0.29) is 35.1 Å². The van der Waals surface area contributed by atoms with Gasteiger partial charge in [-0.25, -0.2) is 9.78 Å². The second-order valence-corrected chi connectivity index (χ2v) is 6.68. The summed E-state index contributed by atoms with van der Waals surface area (Å²) in [7, 11) is 1.53. The minimum absolute atomic E-state index is 0.0419. The normalized spacial score (nSPS) is 13.6. The van der Waals surface area contributed by atoms with Gasteiger partial charge in [0.2, 0.25) is 5.91 Å². The van der Waals surface area contributed by atoms with Crippen LogP contribution >= 0.6 is 0 Å². The Morgan fingerprint density at radius 3 is 2.52 bits per heavy atom. The third kappa shape index (κ3) is 3.62. The van der Waals surface area contributed by atoms with E-state index in [1.165, 1.54) is 28.8 Å². The van der Waals surface area contributed by atoms with Crippen LogP contribution in [0, 0.1) is 0 Å². The van der Waals surface area contributed by atoms with E-state index in [0.29, 0.717) is 13.1 Å². The Kier molecular flexibility index (Phi) is 5.11. The molecule has 2 aromatic rings. The molecule has 1 saturated carbocycles. The summed E-state index contributed by atoms with van der Waals surface area (Å²) in [4.78, 5) is 58.6. The average Bonchev–Trinajstić information content (AvgIpc) is 3.46. The van der Waals surface area contributed by atoms with Crippen LogP contribution in [0.2, 0.25) is 0 Å². The topological polar surface area (TPSA) is 108 Å². The summed E-state index contributed by atoms with van der Waals surface area (Å²) in [5, 5.41) is 0.191. The third-order valence-corrected chi connectivity index (χ3v) is 4.77. The zero-order valence-electron chi connectivity index (χ0n) is 15.7. The van der Waals surface area contributed by atoms with Crippen LogP contribution in [0.5, 0.6) is 0 Å². The second kappa shape index (κ2) is 7.34. The molecule has 0 spiro atoms. The SMILES string of the molecule is CCN(CC)C(=O)CN(C)C(=O)c1cnc2c(c1)c(=O)[nH]c(=O)n2C1CC1. The van der Waals surface area contributed by atoms with Crippen molar-refractivity contribution in [2.45, 2.75) is 32.7 Å². The highest BCUT2D eigenvalue weighted by atomic mass is 16.2. The van der Waals surface area contributed by atoms with Crippen LogP contribution in [0.15, 0.2) is 21.9 Å². The molecule has 0 aliphatic heterocycles. The quantitative estimate of drug-likeness (QED) is 0.786. The minimum Gasteiger partial charge on any atom is -0.342 e. The molecule has 0 unspecified atom stereocenters. The molecule has 2 amide bonds. The number of hydrogen-bond acceptors (Lipinski definition) is 5. The zero-order valence-corrected chi connectivity index (χ0v) is 15.7. The van der Waals surface area contributed by atoms with Gasteiger partial charge in [-0.1, -0.05) is 0 Å².